The monoisotopic (exact) mass is 505 g/mol. The summed E-state index contributed by atoms with van der Waals surface area (Å²) in [6, 6.07) is 3.24. The summed E-state index contributed by atoms with van der Waals surface area (Å²) in [4.78, 5) is 43.9. The maximum Gasteiger partial charge on any atom is 0.343 e. The van der Waals surface area contributed by atoms with Gasteiger partial charge in [-0.25, -0.2) is 9.78 Å². The minimum absolute atomic E-state index is 0.0121. The third kappa shape index (κ3) is 3.71. The number of phenols is 4. The molecule has 0 amide bonds. The van der Waals surface area contributed by atoms with Gasteiger partial charge in [0.15, 0.2) is 28.4 Å². The molecule has 0 radical (unpaired) electrons. The van der Waals surface area contributed by atoms with Crippen molar-refractivity contribution in [1.29, 1.82) is 0 Å². The number of aromatic nitrogens is 3. The first-order valence-corrected chi connectivity index (χ1v) is 10.8. The lowest BCUT2D eigenvalue weighted by Crippen LogP contribution is -2.17. The summed E-state index contributed by atoms with van der Waals surface area (Å²) in [5, 5.41) is 39.9. The standard InChI is InChI=1S/C25H19N3O9/c1-27-4-3-26-19(27)10-37-25(35)21-20-18(7-17(31)24(21)34)36-9-13(23(20)33)12-8-28(2)14-6-16(30)15(29)5-11(14)22(12)32/h3-9,29-31,34H,10H2,1-2H3. The lowest BCUT2D eigenvalue weighted by molar-refractivity contribution is 0.0457. The molecule has 3 heterocycles. The first kappa shape index (κ1) is 23.5. The van der Waals surface area contributed by atoms with Crippen molar-refractivity contribution in [2.75, 3.05) is 0 Å². The van der Waals surface area contributed by atoms with E-state index >= 15 is 0 Å². The molecule has 12 nitrogen and oxygen atoms in total. The largest absolute Gasteiger partial charge is 0.504 e. The molecule has 0 aliphatic carbocycles. The van der Waals surface area contributed by atoms with Crippen LogP contribution in [0.3, 0.4) is 0 Å². The van der Waals surface area contributed by atoms with Crippen molar-refractivity contribution < 1.29 is 34.4 Å². The van der Waals surface area contributed by atoms with Crippen LogP contribution in [0.5, 0.6) is 23.0 Å². The predicted octanol–water partition coefficient (Wildman–Crippen LogP) is 2.22. The summed E-state index contributed by atoms with van der Waals surface area (Å²) in [5.74, 6) is -3.30. The number of imidazole rings is 1. The highest BCUT2D eigenvalue weighted by Crippen LogP contribution is 2.36. The maximum atomic E-state index is 13.6. The molecule has 0 saturated heterocycles. The summed E-state index contributed by atoms with van der Waals surface area (Å²) < 4.78 is 13.8. The van der Waals surface area contributed by atoms with Crippen LogP contribution in [0, 0.1) is 0 Å². The van der Waals surface area contributed by atoms with Crippen molar-refractivity contribution >= 4 is 27.8 Å². The molecule has 3 aromatic heterocycles. The predicted molar refractivity (Wildman–Crippen MR) is 130 cm³/mol. The molecule has 0 saturated carbocycles. The average Bonchev–Trinajstić information content (AvgIpc) is 3.27. The molecule has 0 spiro atoms. The number of esters is 1. The first-order chi connectivity index (χ1) is 17.6. The van der Waals surface area contributed by atoms with Gasteiger partial charge in [-0.05, 0) is 6.07 Å². The van der Waals surface area contributed by atoms with Crippen molar-refractivity contribution in [1.82, 2.24) is 14.1 Å². The number of aryl methyl sites for hydroxylation is 2. The second-order valence-corrected chi connectivity index (χ2v) is 8.34. The van der Waals surface area contributed by atoms with Crippen LogP contribution in [0.15, 0.2) is 57.1 Å². The van der Waals surface area contributed by atoms with E-state index in [1.54, 1.807) is 24.9 Å². The number of pyridine rings is 1. The van der Waals surface area contributed by atoms with E-state index in [1.807, 2.05) is 0 Å². The van der Waals surface area contributed by atoms with Crippen LogP contribution in [0.25, 0.3) is 33.0 Å². The highest BCUT2D eigenvalue weighted by molar-refractivity contribution is 6.07. The van der Waals surface area contributed by atoms with E-state index < -0.39 is 50.8 Å². The maximum absolute atomic E-state index is 13.6. The number of ether oxygens (including phenoxy) is 1. The molecule has 0 aliphatic heterocycles. The Kier molecular flexibility index (Phi) is 5.36. The van der Waals surface area contributed by atoms with Gasteiger partial charge in [-0.15, -0.1) is 0 Å². The van der Waals surface area contributed by atoms with Crippen LogP contribution >= 0.6 is 0 Å². The van der Waals surface area contributed by atoms with E-state index in [1.165, 1.54) is 23.0 Å². The molecule has 0 fully saturated rings. The Morgan fingerprint density at radius 3 is 2.41 bits per heavy atom. The van der Waals surface area contributed by atoms with E-state index in [-0.39, 0.29) is 34.2 Å². The molecule has 0 bridgehead atoms. The zero-order valence-corrected chi connectivity index (χ0v) is 19.4. The number of aromatic hydroxyl groups is 4. The summed E-state index contributed by atoms with van der Waals surface area (Å²) in [6.45, 7) is -0.286. The van der Waals surface area contributed by atoms with Gasteiger partial charge < -0.3 is 38.7 Å². The van der Waals surface area contributed by atoms with Gasteiger partial charge in [-0.2, -0.15) is 0 Å². The summed E-state index contributed by atoms with van der Waals surface area (Å²) in [5.41, 5.74) is -2.46. The zero-order chi connectivity index (χ0) is 26.6. The average molecular weight is 505 g/mol. The Balaban J connectivity index is 1.72. The number of nitrogens with zero attached hydrogens (tertiary/aromatic N) is 3. The first-order valence-electron chi connectivity index (χ1n) is 10.8. The van der Waals surface area contributed by atoms with Crippen LogP contribution in [-0.2, 0) is 25.4 Å². The number of fused-ring (bicyclic) bond motifs is 2. The van der Waals surface area contributed by atoms with Gasteiger partial charge in [-0.3, -0.25) is 9.59 Å². The van der Waals surface area contributed by atoms with Gasteiger partial charge in [0, 0.05) is 44.8 Å². The van der Waals surface area contributed by atoms with Gasteiger partial charge >= 0.3 is 5.97 Å². The molecule has 2 aromatic carbocycles. The quantitative estimate of drug-likeness (QED) is 0.209. The third-order valence-corrected chi connectivity index (χ3v) is 6.05. The molecule has 0 unspecified atom stereocenters. The molecule has 12 heteroatoms. The number of phenolic OH excluding ortho intramolecular Hbond substituents is 4. The van der Waals surface area contributed by atoms with Crippen molar-refractivity contribution in [3.63, 3.8) is 0 Å². The van der Waals surface area contributed by atoms with Crippen molar-refractivity contribution in [3.8, 4) is 34.1 Å². The molecule has 0 aliphatic rings. The lowest BCUT2D eigenvalue weighted by atomic mass is 10.0. The highest BCUT2D eigenvalue weighted by atomic mass is 16.5. The van der Waals surface area contributed by atoms with Gasteiger partial charge in [-0.1, -0.05) is 0 Å². The van der Waals surface area contributed by atoms with E-state index in [2.05, 4.69) is 4.98 Å². The van der Waals surface area contributed by atoms with E-state index in [9.17, 15) is 34.8 Å². The number of carbonyl (C=O) groups excluding carboxylic acids is 1. The molecular weight excluding hydrogens is 486 g/mol. The minimum Gasteiger partial charge on any atom is -0.504 e. The highest BCUT2D eigenvalue weighted by Gasteiger charge is 2.26. The van der Waals surface area contributed by atoms with Gasteiger partial charge in [0.05, 0.1) is 27.4 Å². The fraction of sp³-hybridized carbons (Fsp3) is 0.120. The minimum atomic E-state index is -1.13. The van der Waals surface area contributed by atoms with E-state index in [4.69, 9.17) is 9.15 Å². The van der Waals surface area contributed by atoms with Crippen LogP contribution in [-0.4, -0.2) is 40.5 Å². The topological polar surface area (TPSA) is 177 Å². The molecule has 37 heavy (non-hydrogen) atoms. The Morgan fingerprint density at radius 2 is 1.70 bits per heavy atom. The smallest absolute Gasteiger partial charge is 0.343 e. The molecule has 5 aromatic rings. The Morgan fingerprint density at radius 1 is 0.973 bits per heavy atom. The van der Waals surface area contributed by atoms with E-state index in [0.717, 1.165) is 18.4 Å². The van der Waals surface area contributed by atoms with Crippen molar-refractivity contribution in [2.24, 2.45) is 14.1 Å². The zero-order valence-electron chi connectivity index (χ0n) is 19.4. The van der Waals surface area contributed by atoms with Crippen molar-refractivity contribution in [2.45, 2.75) is 6.61 Å². The number of carbonyl (C=O) groups is 1. The summed E-state index contributed by atoms with van der Waals surface area (Å²) in [7, 11) is 3.25. The lowest BCUT2D eigenvalue weighted by Gasteiger charge is -2.12. The third-order valence-electron chi connectivity index (χ3n) is 6.05. The van der Waals surface area contributed by atoms with Crippen LogP contribution in [0.1, 0.15) is 16.2 Å². The molecule has 0 atom stereocenters. The summed E-state index contributed by atoms with van der Waals surface area (Å²) in [6.07, 6.45) is 5.46. The Bertz CT molecular complexity index is 1860. The molecular formula is C25H19N3O9. The van der Waals surface area contributed by atoms with E-state index in [0.29, 0.717) is 5.82 Å². The number of benzene rings is 2. The Hall–Kier alpha value is -5.26. The number of hydrogen-bond acceptors (Lipinski definition) is 10. The molecule has 188 valence electrons. The number of hydrogen-bond donors (Lipinski definition) is 4. The fourth-order valence-corrected chi connectivity index (χ4v) is 4.08. The van der Waals surface area contributed by atoms with Gasteiger partial charge in [0.1, 0.15) is 29.8 Å². The second-order valence-electron chi connectivity index (χ2n) is 8.34. The normalized spacial score (nSPS) is 11.3. The van der Waals surface area contributed by atoms with Crippen LogP contribution in [0.2, 0.25) is 0 Å². The molecule has 4 N–H and O–H groups in total. The molecule has 5 rings (SSSR count). The fourth-order valence-electron chi connectivity index (χ4n) is 4.08. The van der Waals surface area contributed by atoms with Crippen LogP contribution < -0.4 is 10.9 Å². The summed E-state index contributed by atoms with van der Waals surface area (Å²) >= 11 is 0. The SMILES string of the molecule is Cn1ccnc1COC(=O)c1c(O)c(O)cc2occ(-c3cn(C)c4cc(O)c(O)cc4c3=O)c(=O)c12. The Labute approximate surface area is 206 Å². The van der Waals surface area contributed by atoms with Crippen molar-refractivity contribution in [3.05, 3.63) is 74.9 Å². The van der Waals surface area contributed by atoms with Crippen LogP contribution in [0.4, 0.5) is 0 Å². The second kappa shape index (κ2) is 8.45. The van der Waals surface area contributed by atoms with Gasteiger partial charge in [0.2, 0.25) is 5.43 Å². The van der Waals surface area contributed by atoms with Gasteiger partial charge in [0.25, 0.3) is 0 Å². The number of rotatable bonds is 4.